The summed E-state index contributed by atoms with van der Waals surface area (Å²) in [5.74, 6) is 1.67. The second kappa shape index (κ2) is 8.91. The summed E-state index contributed by atoms with van der Waals surface area (Å²) in [5, 5.41) is 0. The van der Waals surface area contributed by atoms with Crippen LogP contribution in [0.15, 0.2) is 54.6 Å². The van der Waals surface area contributed by atoms with Gasteiger partial charge >= 0.3 is 0 Å². The lowest BCUT2D eigenvalue weighted by atomic mass is 10.1. The lowest BCUT2D eigenvalue weighted by Gasteiger charge is -2.33. The Labute approximate surface area is 161 Å². The van der Waals surface area contributed by atoms with Crippen molar-refractivity contribution in [1.29, 1.82) is 0 Å². The van der Waals surface area contributed by atoms with E-state index in [9.17, 15) is 4.79 Å². The van der Waals surface area contributed by atoms with Gasteiger partial charge in [0, 0.05) is 19.6 Å². The van der Waals surface area contributed by atoms with Crippen LogP contribution in [0.3, 0.4) is 0 Å². The summed E-state index contributed by atoms with van der Waals surface area (Å²) in [5.41, 5.74) is 1.14. The predicted molar refractivity (Wildman–Crippen MR) is 106 cm³/mol. The average molecular weight is 368 g/mol. The molecule has 2 atom stereocenters. The maximum absolute atomic E-state index is 13.0. The van der Waals surface area contributed by atoms with E-state index in [1.807, 2.05) is 73.2 Å². The summed E-state index contributed by atoms with van der Waals surface area (Å²) < 4.78 is 11.8. The molecule has 1 aliphatic heterocycles. The Balaban J connectivity index is 1.57. The number of amides is 1. The van der Waals surface area contributed by atoms with Crippen molar-refractivity contribution in [2.45, 2.75) is 32.5 Å². The SMILES string of the molecule is CCN(Cc1ccccc1)C(=O)C(C)N(C)CC1COc2ccccc2O1. The summed E-state index contributed by atoms with van der Waals surface area (Å²) in [7, 11) is 1.96. The van der Waals surface area contributed by atoms with Crippen LogP contribution in [-0.4, -0.2) is 54.6 Å². The highest BCUT2D eigenvalue weighted by Crippen LogP contribution is 2.31. The number of benzene rings is 2. The van der Waals surface area contributed by atoms with Crippen molar-refractivity contribution < 1.29 is 14.3 Å². The van der Waals surface area contributed by atoms with E-state index in [1.165, 1.54) is 0 Å². The molecule has 27 heavy (non-hydrogen) atoms. The fraction of sp³-hybridized carbons (Fsp3) is 0.409. The minimum atomic E-state index is -0.227. The molecule has 5 heteroatoms. The van der Waals surface area contributed by atoms with E-state index in [-0.39, 0.29) is 18.1 Å². The molecule has 0 radical (unpaired) electrons. The van der Waals surface area contributed by atoms with Crippen LogP contribution in [0.1, 0.15) is 19.4 Å². The van der Waals surface area contributed by atoms with Gasteiger partial charge in [0.15, 0.2) is 11.5 Å². The number of hydrogen-bond donors (Lipinski definition) is 0. The number of nitrogens with zero attached hydrogens (tertiary/aromatic N) is 2. The average Bonchev–Trinajstić information content (AvgIpc) is 2.71. The lowest BCUT2D eigenvalue weighted by Crippen LogP contribution is -2.49. The summed E-state index contributed by atoms with van der Waals surface area (Å²) in [4.78, 5) is 16.9. The van der Waals surface area contributed by atoms with Crippen molar-refractivity contribution in [3.05, 3.63) is 60.2 Å². The van der Waals surface area contributed by atoms with Crippen LogP contribution in [0.2, 0.25) is 0 Å². The summed E-state index contributed by atoms with van der Waals surface area (Å²) in [6.07, 6.45) is -0.0932. The standard InChI is InChI=1S/C22H28N2O3/c1-4-24(14-18-10-6-5-7-11-18)22(25)17(2)23(3)15-19-16-26-20-12-8-9-13-21(20)27-19/h5-13,17,19H,4,14-16H2,1-3H3. The summed E-state index contributed by atoms with van der Waals surface area (Å²) in [6.45, 7) is 6.40. The highest BCUT2D eigenvalue weighted by molar-refractivity contribution is 5.81. The van der Waals surface area contributed by atoms with Crippen LogP contribution in [0.25, 0.3) is 0 Å². The molecule has 1 aliphatic rings. The van der Waals surface area contributed by atoms with Crippen LogP contribution in [0.5, 0.6) is 11.5 Å². The maximum Gasteiger partial charge on any atom is 0.239 e. The van der Waals surface area contributed by atoms with Gasteiger partial charge in [-0.3, -0.25) is 9.69 Å². The van der Waals surface area contributed by atoms with Gasteiger partial charge in [-0.1, -0.05) is 42.5 Å². The fourth-order valence-corrected chi connectivity index (χ4v) is 3.23. The Morgan fingerprint density at radius 1 is 1.11 bits per heavy atom. The van der Waals surface area contributed by atoms with Gasteiger partial charge in [0.25, 0.3) is 0 Å². The van der Waals surface area contributed by atoms with E-state index < -0.39 is 0 Å². The Morgan fingerprint density at radius 2 is 1.78 bits per heavy atom. The fourth-order valence-electron chi connectivity index (χ4n) is 3.23. The molecule has 0 aromatic heterocycles. The first kappa shape index (κ1) is 19.2. The molecule has 0 aliphatic carbocycles. The van der Waals surface area contributed by atoms with Crippen molar-refractivity contribution in [2.24, 2.45) is 0 Å². The van der Waals surface area contributed by atoms with Gasteiger partial charge < -0.3 is 14.4 Å². The van der Waals surface area contributed by atoms with Crippen LogP contribution in [0, 0.1) is 0 Å². The number of fused-ring (bicyclic) bond motifs is 1. The van der Waals surface area contributed by atoms with E-state index in [2.05, 4.69) is 12.1 Å². The van der Waals surface area contributed by atoms with E-state index in [0.717, 1.165) is 17.1 Å². The summed E-state index contributed by atoms with van der Waals surface area (Å²) >= 11 is 0. The lowest BCUT2D eigenvalue weighted by molar-refractivity contribution is -0.136. The molecule has 0 saturated heterocycles. The van der Waals surface area contributed by atoms with Crippen molar-refractivity contribution in [3.8, 4) is 11.5 Å². The number of likely N-dealkylation sites (N-methyl/N-ethyl adjacent to an activating group) is 2. The van der Waals surface area contributed by atoms with Crippen LogP contribution < -0.4 is 9.47 Å². The van der Waals surface area contributed by atoms with Crippen LogP contribution >= 0.6 is 0 Å². The van der Waals surface area contributed by atoms with Gasteiger partial charge in [-0.25, -0.2) is 0 Å². The molecule has 2 aromatic carbocycles. The zero-order valence-corrected chi connectivity index (χ0v) is 16.3. The van der Waals surface area contributed by atoms with Crippen LogP contribution in [0.4, 0.5) is 0 Å². The highest BCUT2D eigenvalue weighted by Gasteiger charge is 2.28. The first-order chi connectivity index (χ1) is 13.1. The quantitative estimate of drug-likeness (QED) is 0.753. The molecule has 0 spiro atoms. The first-order valence-electron chi connectivity index (χ1n) is 9.50. The van der Waals surface area contributed by atoms with Gasteiger partial charge in [-0.15, -0.1) is 0 Å². The van der Waals surface area contributed by atoms with Crippen molar-refractivity contribution in [3.63, 3.8) is 0 Å². The number of para-hydroxylation sites is 2. The van der Waals surface area contributed by atoms with Crippen molar-refractivity contribution in [2.75, 3.05) is 26.7 Å². The predicted octanol–water partition coefficient (Wildman–Crippen LogP) is 3.20. The number of hydrogen-bond acceptors (Lipinski definition) is 4. The zero-order chi connectivity index (χ0) is 19.2. The van der Waals surface area contributed by atoms with Gasteiger partial charge in [-0.05, 0) is 38.6 Å². The molecule has 2 aromatic rings. The maximum atomic E-state index is 13.0. The van der Waals surface area contributed by atoms with Crippen LogP contribution in [-0.2, 0) is 11.3 Å². The largest absolute Gasteiger partial charge is 0.486 e. The van der Waals surface area contributed by atoms with E-state index in [1.54, 1.807) is 0 Å². The Hall–Kier alpha value is -2.53. The third kappa shape index (κ3) is 4.80. The molecule has 1 amide bonds. The van der Waals surface area contributed by atoms with Crippen molar-refractivity contribution >= 4 is 5.91 Å². The van der Waals surface area contributed by atoms with Gasteiger partial charge in [0.2, 0.25) is 5.91 Å². The summed E-state index contributed by atoms with van der Waals surface area (Å²) in [6, 6.07) is 17.5. The normalized spacial score (nSPS) is 16.8. The molecule has 0 bridgehead atoms. The van der Waals surface area contributed by atoms with E-state index in [0.29, 0.717) is 26.2 Å². The van der Waals surface area contributed by atoms with E-state index >= 15 is 0 Å². The van der Waals surface area contributed by atoms with Gasteiger partial charge in [-0.2, -0.15) is 0 Å². The molecule has 2 unspecified atom stereocenters. The zero-order valence-electron chi connectivity index (χ0n) is 16.3. The number of ether oxygens (including phenoxy) is 2. The minimum Gasteiger partial charge on any atom is -0.486 e. The Kier molecular flexibility index (Phi) is 6.35. The monoisotopic (exact) mass is 368 g/mol. The molecular weight excluding hydrogens is 340 g/mol. The second-order valence-electron chi connectivity index (χ2n) is 6.95. The number of rotatable bonds is 7. The Morgan fingerprint density at radius 3 is 2.48 bits per heavy atom. The highest BCUT2D eigenvalue weighted by atomic mass is 16.6. The third-order valence-electron chi connectivity index (χ3n) is 4.99. The van der Waals surface area contributed by atoms with E-state index in [4.69, 9.17) is 9.47 Å². The molecule has 0 saturated carbocycles. The molecule has 5 nitrogen and oxygen atoms in total. The first-order valence-corrected chi connectivity index (χ1v) is 9.50. The molecule has 144 valence electrons. The topological polar surface area (TPSA) is 42.0 Å². The number of carbonyl (C=O) groups excluding carboxylic acids is 1. The number of carbonyl (C=O) groups is 1. The molecule has 1 heterocycles. The Bertz CT molecular complexity index is 750. The second-order valence-corrected chi connectivity index (χ2v) is 6.95. The van der Waals surface area contributed by atoms with Gasteiger partial charge in [0.1, 0.15) is 12.7 Å². The minimum absolute atomic E-state index is 0.0932. The molecular formula is C22H28N2O3. The molecule has 3 rings (SSSR count). The molecule has 0 N–H and O–H groups in total. The third-order valence-corrected chi connectivity index (χ3v) is 4.99. The van der Waals surface area contributed by atoms with Crippen molar-refractivity contribution in [1.82, 2.24) is 9.80 Å². The molecule has 0 fully saturated rings. The van der Waals surface area contributed by atoms with Gasteiger partial charge in [0.05, 0.1) is 6.04 Å². The smallest absolute Gasteiger partial charge is 0.239 e.